The minimum Gasteiger partial charge on any atom is -0.504 e. The number of methoxy groups -OCH3 is 2. The molecule has 4 saturated heterocycles. The lowest BCUT2D eigenvalue weighted by Gasteiger charge is -2.57. The van der Waals surface area contributed by atoms with E-state index in [1.54, 1.807) is 12.1 Å². The zero-order valence-corrected chi connectivity index (χ0v) is 21.8. The van der Waals surface area contributed by atoms with Gasteiger partial charge in [0.15, 0.2) is 11.5 Å². The van der Waals surface area contributed by atoms with E-state index in [2.05, 4.69) is 0 Å². The molecule has 1 aromatic carbocycles. The molecule has 2 bridgehead atoms. The van der Waals surface area contributed by atoms with E-state index in [-0.39, 0.29) is 28.9 Å². The molecule has 2 amide bonds. The topological polar surface area (TPSA) is 192 Å². The van der Waals surface area contributed by atoms with E-state index in [1.165, 1.54) is 49.1 Å². The van der Waals surface area contributed by atoms with Gasteiger partial charge in [-0.1, -0.05) is 39.8 Å². The van der Waals surface area contributed by atoms with Gasteiger partial charge in [-0.25, -0.2) is 0 Å². The molecule has 15 heteroatoms. The van der Waals surface area contributed by atoms with Crippen molar-refractivity contribution in [1.82, 2.24) is 9.96 Å². The predicted molar refractivity (Wildman–Crippen MR) is 132 cm³/mol. The van der Waals surface area contributed by atoms with Gasteiger partial charge < -0.3 is 40.6 Å². The number of hydrogen-bond donors (Lipinski definition) is 3. The lowest BCUT2D eigenvalue weighted by molar-refractivity contribution is -0.316. The molecule has 4 aliphatic heterocycles. The molecule has 0 saturated carbocycles. The Morgan fingerprint density at radius 3 is 2.53 bits per heavy atom. The van der Waals surface area contributed by atoms with Crippen LogP contribution in [0.5, 0.6) is 17.2 Å². The van der Waals surface area contributed by atoms with Crippen LogP contribution in [-0.2, 0) is 14.4 Å². The summed E-state index contributed by atoms with van der Waals surface area (Å²) in [6.07, 6.45) is 0.160. The van der Waals surface area contributed by atoms with Crippen molar-refractivity contribution < 1.29 is 50.2 Å². The lowest BCUT2D eigenvalue weighted by atomic mass is 9.77. The standard InChI is InChI=1S/C21H23ClN2O8S2.2H2O/c1-23-13-16(9-4-6-11(30-2)15(31-3)14(9)26)33-34-21(19(23)28)8-20(29)12(22)7-5-10(25)17(20)32-24(21)18(13)27;;/h4-7,10,12-13,16-17,25-26,29H,8H2,1-3H3;2*1H2/t10-,12-,13-,16-,17+,20+,21-;;/m1../s1. The summed E-state index contributed by atoms with van der Waals surface area (Å²) >= 11 is 6.40. The first kappa shape index (κ1) is 28.7. The van der Waals surface area contributed by atoms with Gasteiger partial charge in [0.1, 0.15) is 23.9 Å². The zero-order chi connectivity index (χ0) is 24.6. The number of hydrogen-bond acceptors (Lipinski definition) is 10. The summed E-state index contributed by atoms with van der Waals surface area (Å²) in [4.78, 5) is 33.0. The molecule has 6 rings (SSSR count). The molecular formula is C21H27ClN2O10S2. The van der Waals surface area contributed by atoms with Crippen LogP contribution in [0.25, 0.3) is 0 Å². The summed E-state index contributed by atoms with van der Waals surface area (Å²) in [7, 11) is 6.61. The molecule has 12 nitrogen and oxygen atoms in total. The van der Waals surface area contributed by atoms with Crippen molar-refractivity contribution in [2.24, 2.45) is 0 Å². The fraction of sp³-hybridized carbons (Fsp3) is 0.524. The van der Waals surface area contributed by atoms with E-state index in [0.717, 1.165) is 15.9 Å². The maximum Gasteiger partial charge on any atom is 0.272 e. The number of rotatable bonds is 3. The van der Waals surface area contributed by atoms with Crippen LogP contribution in [0.1, 0.15) is 17.2 Å². The Morgan fingerprint density at radius 1 is 1.19 bits per heavy atom. The number of phenolic OH excluding ortho intramolecular Hbond substituents is 1. The SMILES string of the molecule is COc1ccc([C@H]2SS[C@@]34C[C@]5(O)[C@H](Cl)C=C[C@@H](O)[C@@H]5ON3C(=O)[C@@H]2N(C)C4=O)c(O)c1OC.O.O. The summed E-state index contributed by atoms with van der Waals surface area (Å²) in [6.45, 7) is 0. The number of phenols is 1. The van der Waals surface area contributed by atoms with Crippen LogP contribution < -0.4 is 9.47 Å². The Labute approximate surface area is 219 Å². The fourth-order valence-electron chi connectivity index (χ4n) is 5.01. The summed E-state index contributed by atoms with van der Waals surface area (Å²) in [5.41, 5.74) is -1.42. The first-order chi connectivity index (χ1) is 16.1. The third-order valence-electron chi connectivity index (χ3n) is 6.79. The first-order valence-corrected chi connectivity index (χ1v) is 13.0. The quantitative estimate of drug-likeness (QED) is 0.245. The number of piperazine rings is 1. The highest BCUT2D eigenvalue weighted by molar-refractivity contribution is 8.77. The van der Waals surface area contributed by atoms with Crippen molar-refractivity contribution in [2.75, 3.05) is 21.3 Å². The van der Waals surface area contributed by atoms with E-state index >= 15 is 0 Å². The van der Waals surface area contributed by atoms with Crippen LogP contribution in [0.2, 0.25) is 0 Å². The van der Waals surface area contributed by atoms with Gasteiger partial charge >= 0.3 is 0 Å². The van der Waals surface area contributed by atoms with Gasteiger partial charge in [-0.3, -0.25) is 14.4 Å². The Morgan fingerprint density at radius 2 is 1.89 bits per heavy atom. The number of halogens is 1. The van der Waals surface area contributed by atoms with Gasteiger partial charge in [-0.15, -0.1) is 11.6 Å². The Balaban J connectivity index is 0.00000180. The van der Waals surface area contributed by atoms with Crippen LogP contribution in [0.4, 0.5) is 0 Å². The van der Waals surface area contributed by atoms with Crippen molar-refractivity contribution in [1.29, 1.82) is 0 Å². The fourth-order valence-corrected chi connectivity index (χ4v) is 8.97. The molecule has 7 N–H and O–H groups in total. The van der Waals surface area contributed by atoms with Crippen LogP contribution in [0.15, 0.2) is 24.3 Å². The van der Waals surface area contributed by atoms with Crippen molar-refractivity contribution in [3.05, 3.63) is 29.8 Å². The van der Waals surface area contributed by atoms with E-state index in [0.29, 0.717) is 11.3 Å². The highest BCUT2D eigenvalue weighted by Crippen LogP contribution is 2.62. The highest BCUT2D eigenvalue weighted by Gasteiger charge is 2.70. The second-order valence-electron chi connectivity index (χ2n) is 8.59. The van der Waals surface area contributed by atoms with Crippen molar-refractivity contribution in [3.8, 4) is 17.2 Å². The average molecular weight is 567 g/mol. The maximum atomic E-state index is 13.8. The third kappa shape index (κ3) is 3.66. The molecular weight excluding hydrogens is 540 g/mol. The molecule has 1 spiro atoms. The normalized spacial score (nSPS) is 36.8. The number of ether oxygens (including phenoxy) is 2. The molecule has 1 aromatic rings. The number of carbonyl (C=O) groups excluding carboxylic acids is 2. The van der Waals surface area contributed by atoms with E-state index < -0.39 is 51.2 Å². The van der Waals surface area contributed by atoms with E-state index in [4.69, 9.17) is 25.9 Å². The number of likely N-dealkylation sites (N-methyl/N-ethyl adjacent to an activating group) is 1. The lowest BCUT2D eigenvalue weighted by Crippen LogP contribution is -2.77. The summed E-state index contributed by atoms with van der Waals surface area (Å²) in [5.74, 6) is -0.763. The van der Waals surface area contributed by atoms with E-state index in [9.17, 15) is 24.9 Å². The van der Waals surface area contributed by atoms with Crippen LogP contribution in [0.3, 0.4) is 0 Å². The Bertz CT molecular complexity index is 1100. The van der Waals surface area contributed by atoms with Crippen LogP contribution >= 0.6 is 33.2 Å². The van der Waals surface area contributed by atoms with Crippen molar-refractivity contribution >= 4 is 45.0 Å². The number of nitrogens with zero attached hydrogens (tertiary/aromatic N) is 2. The molecule has 5 aliphatic rings. The number of aliphatic hydroxyl groups excluding tert-OH is 1. The molecule has 200 valence electrons. The zero-order valence-electron chi connectivity index (χ0n) is 19.4. The second-order valence-corrected chi connectivity index (χ2v) is 11.7. The molecule has 4 fully saturated rings. The Hall–Kier alpha value is -1.91. The van der Waals surface area contributed by atoms with Crippen molar-refractivity contribution in [2.45, 2.75) is 45.8 Å². The number of carbonyl (C=O) groups is 2. The van der Waals surface area contributed by atoms with Crippen LogP contribution in [-0.4, -0.2) is 103 Å². The third-order valence-corrected chi connectivity index (χ3v) is 10.6. The van der Waals surface area contributed by atoms with Gasteiger partial charge in [0.25, 0.3) is 11.8 Å². The van der Waals surface area contributed by atoms with Gasteiger partial charge in [0.2, 0.25) is 10.6 Å². The molecule has 1 aliphatic carbocycles. The van der Waals surface area contributed by atoms with Crippen LogP contribution in [0, 0.1) is 0 Å². The number of aliphatic hydroxyl groups is 2. The number of aromatic hydroxyl groups is 1. The molecule has 36 heavy (non-hydrogen) atoms. The molecule has 7 atom stereocenters. The van der Waals surface area contributed by atoms with Gasteiger partial charge in [-0.05, 0) is 6.07 Å². The smallest absolute Gasteiger partial charge is 0.272 e. The number of fused-ring (bicyclic) bond motifs is 4. The minimum atomic E-state index is -1.80. The summed E-state index contributed by atoms with van der Waals surface area (Å²) in [6, 6.07) is 2.20. The minimum absolute atomic E-state index is 0. The summed E-state index contributed by atoms with van der Waals surface area (Å²) < 4.78 is 10.5. The number of benzene rings is 1. The van der Waals surface area contributed by atoms with Gasteiger partial charge in [0, 0.05) is 19.0 Å². The largest absolute Gasteiger partial charge is 0.504 e. The first-order valence-electron chi connectivity index (χ1n) is 10.4. The molecule has 0 aromatic heterocycles. The number of hydroxylamine groups is 2. The second kappa shape index (κ2) is 9.76. The molecule has 0 unspecified atom stereocenters. The monoisotopic (exact) mass is 566 g/mol. The maximum absolute atomic E-state index is 13.8. The Kier molecular flexibility index (Phi) is 7.77. The predicted octanol–water partition coefficient (Wildman–Crippen LogP) is -0.465. The summed E-state index contributed by atoms with van der Waals surface area (Å²) in [5, 5.41) is 32.2. The number of alkyl halides is 1. The van der Waals surface area contributed by atoms with Gasteiger partial charge in [0.05, 0.1) is 24.8 Å². The van der Waals surface area contributed by atoms with Gasteiger partial charge in [-0.2, -0.15) is 5.06 Å². The van der Waals surface area contributed by atoms with Crippen molar-refractivity contribution in [3.63, 3.8) is 0 Å². The molecule has 4 heterocycles. The average Bonchev–Trinajstić information content (AvgIpc) is 3.00. The van der Waals surface area contributed by atoms with E-state index in [1.807, 2.05) is 0 Å². The molecule has 0 radical (unpaired) electrons. The highest BCUT2D eigenvalue weighted by atomic mass is 35.5. The number of amides is 2.